The average Bonchev–Trinajstić information content (AvgIpc) is 2.55. The number of oxime groups is 1. The first kappa shape index (κ1) is 8.95. The maximum Gasteiger partial charge on any atom is 0.182 e. The topological polar surface area (TPSA) is 77.7 Å². The summed E-state index contributed by atoms with van der Waals surface area (Å²) >= 11 is 1.38. The van der Waals surface area contributed by atoms with Crippen LogP contribution in [0.3, 0.4) is 0 Å². The van der Waals surface area contributed by atoms with Crippen LogP contribution >= 0.6 is 11.3 Å². The highest BCUT2D eigenvalue weighted by Gasteiger charge is 2.06. The van der Waals surface area contributed by atoms with E-state index in [9.17, 15) is 0 Å². The summed E-state index contributed by atoms with van der Waals surface area (Å²) < 4.78 is 0. The number of hydrogen-bond acceptors (Lipinski definition) is 6. The molecule has 6 heteroatoms. The third kappa shape index (κ3) is 1.72. The molecule has 1 rings (SSSR count). The average molecular weight is 187 g/mol. The number of thiazole rings is 1. The smallest absolute Gasteiger partial charge is 0.182 e. The lowest BCUT2D eigenvalue weighted by Crippen LogP contribution is -2.06. The van der Waals surface area contributed by atoms with Crippen molar-refractivity contribution in [2.45, 2.75) is 0 Å². The van der Waals surface area contributed by atoms with Crippen molar-refractivity contribution in [3.63, 3.8) is 0 Å². The second kappa shape index (κ2) is 4.03. The largest absolute Gasteiger partial charge is 0.411 e. The normalized spacial score (nSPS) is 11.7. The molecule has 1 aromatic rings. The van der Waals surface area contributed by atoms with E-state index in [2.05, 4.69) is 15.5 Å². The summed E-state index contributed by atoms with van der Waals surface area (Å²) in [4.78, 5) is 4.03. The molecular formula is C6H9N3O2S. The number of nitrogens with one attached hydrogen (secondary N) is 1. The molecule has 0 spiro atoms. The Morgan fingerprint density at radius 2 is 2.58 bits per heavy atom. The van der Waals surface area contributed by atoms with Crippen molar-refractivity contribution in [1.82, 2.24) is 4.98 Å². The second-order valence-corrected chi connectivity index (χ2v) is 2.85. The van der Waals surface area contributed by atoms with Gasteiger partial charge in [0.15, 0.2) is 5.13 Å². The van der Waals surface area contributed by atoms with Crippen LogP contribution in [0.4, 0.5) is 5.13 Å². The molecule has 66 valence electrons. The highest BCUT2D eigenvalue weighted by Crippen LogP contribution is 2.14. The molecule has 0 amide bonds. The zero-order valence-corrected chi connectivity index (χ0v) is 7.30. The molecule has 0 aliphatic heterocycles. The van der Waals surface area contributed by atoms with Gasteiger partial charge in [0.2, 0.25) is 0 Å². The zero-order chi connectivity index (χ0) is 8.97. The van der Waals surface area contributed by atoms with E-state index in [1.54, 1.807) is 12.4 Å². The Bertz CT molecular complexity index is 284. The van der Waals surface area contributed by atoms with Crippen LogP contribution in [0, 0.1) is 0 Å². The molecule has 12 heavy (non-hydrogen) atoms. The maximum atomic E-state index is 8.71. The van der Waals surface area contributed by atoms with Gasteiger partial charge in [0.05, 0.1) is 6.61 Å². The summed E-state index contributed by atoms with van der Waals surface area (Å²) in [6.07, 6.45) is 0. The van der Waals surface area contributed by atoms with E-state index >= 15 is 0 Å². The molecule has 0 bridgehead atoms. The highest BCUT2D eigenvalue weighted by molar-refractivity contribution is 7.13. The standard InChI is InChI=1S/C6H9N3O2S/c1-7-6-8-5(3-12-6)4(2-10)9-11/h3,10-11H,2H2,1H3,(H,7,8)/b9-4-. The van der Waals surface area contributed by atoms with Crippen LogP contribution in [0.1, 0.15) is 5.69 Å². The van der Waals surface area contributed by atoms with E-state index < -0.39 is 0 Å². The Balaban J connectivity index is 2.87. The number of aromatic nitrogens is 1. The van der Waals surface area contributed by atoms with Crippen molar-refractivity contribution in [3.05, 3.63) is 11.1 Å². The van der Waals surface area contributed by atoms with Crippen LogP contribution in [0.2, 0.25) is 0 Å². The molecule has 0 fully saturated rings. The van der Waals surface area contributed by atoms with Gasteiger partial charge in [-0.15, -0.1) is 11.3 Å². The van der Waals surface area contributed by atoms with Gasteiger partial charge in [-0.05, 0) is 0 Å². The molecule has 1 heterocycles. The van der Waals surface area contributed by atoms with Crippen molar-refractivity contribution < 1.29 is 10.3 Å². The predicted molar refractivity (Wildman–Crippen MR) is 47.1 cm³/mol. The molecular weight excluding hydrogens is 178 g/mol. The summed E-state index contributed by atoms with van der Waals surface area (Å²) in [6.45, 7) is -0.316. The molecule has 0 saturated carbocycles. The predicted octanol–water partition coefficient (Wildman–Crippen LogP) is 0.355. The molecule has 5 nitrogen and oxygen atoms in total. The Morgan fingerprint density at radius 1 is 1.83 bits per heavy atom. The van der Waals surface area contributed by atoms with E-state index in [1.807, 2.05) is 0 Å². The molecule has 0 aromatic carbocycles. The summed E-state index contributed by atoms with van der Waals surface area (Å²) in [7, 11) is 1.75. The first-order chi connectivity index (χ1) is 5.81. The van der Waals surface area contributed by atoms with Crippen molar-refractivity contribution in [2.24, 2.45) is 5.16 Å². The van der Waals surface area contributed by atoms with Crippen molar-refractivity contribution >= 4 is 22.2 Å². The van der Waals surface area contributed by atoms with Gasteiger partial charge in [-0.1, -0.05) is 5.16 Å². The fraction of sp³-hybridized carbons (Fsp3) is 0.333. The maximum absolute atomic E-state index is 8.71. The summed E-state index contributed by atoms with van der Waals surface area (Å²) in [5, 5.41) is 25.3. The van der Waals surface area contributed by atoms with Crippen LogP contribution in [0.5, 0.6) is 0 Å². The second-order valence-electron chi connectivity index (χ2n) is 1.99. The molecule has 0 radical (unpaired) electrons. The zero-order valence-electron chi connectivity index (χ0n) is 6.48. The third-order valence-corrected chi connectivity index (χ3v) is 2.14. The quantitative estimate of drug-likeness (QED) is 0.362. The Kier molecular flexibility index (Phi) is 3.01. The molecule has 3 N–H and O–H groups in total. The molecule has 0 aliphatic carbocycles. The number of rotatable bonds is 3. The van der Waals surface area contributed by atoms with Crippen LogP contribution in [-0.2, 0) is 0 Å². The van der Waals surface area contributed by atoms with Gasteiger partial charge >= 0.3 is 0 Å². The molecule has 0 atom stereocenters. The van der Waals surface area contributed by atoms with Crippen molar-refractivity contribution in [2.75, 3.05) is 19.0 Å². The minimum atomic E-state index is -0.316. The van der Waals surface area contributed by atoms with Gasteiger partial charge < -0.3 is 15.6 Å². The lowest BCUT2D eigenvalue weighted by molar-refractivity contribution is 0.303. The van der Waals surface area contributed by atoms with Crippen molar-refractivity contribution in [1.29, 1.82) is 0 Å². The van der Waals surface area contributed by atoms with Gasteiger partial charge in [0, 0.05) is 12.4 Å². The van der Waals surface area contributed by atoms with Gasteiger partial charge in [-0.2, -0.15) is 0 Å². The molecule has 1 aromatic heterocycles. The number of anilines is 1. The Hall–Kier alpha value is -1.14. The fourth-order valence-corrected chi connectivity index (χ4v) is 1.37. The minimum absolute atomic E-state index is 0.174. The molecule has 0 saturated heterocycles. The summed E-state index contributed by atoms with van der Waals surface area (Å²) in [5.74, 6) is 0. The fourth-order valence-electron chi connectivity index (χ4n) is 0.685. The summed E-state index contributed by atoms with van der Waals surface area (Å²) in [5.41, 5.74) is 0.669. The third-order valence-electron chi connectivity index (χ3n) is 1.28. The van der Waals surface area contributed by atoms with Gasteiger partial charge in [0.25, 0.3) is 0 Å². The Morgan fingerprint density at radius 3 is 3.00 bits per heavy atom. The number of nitrogens with zero attached hydrogens (tertiary/aromatic N) is 2. The number of hydrogen-bond donors (Lipinski definition) is 3. The molecule has 0 unspecified atom stereocenters. The van der Waals surface area contributed by atoms with E-state index in [0.717, 1.165) is 5.13 Å². The van der Waals surface area contributed by atoms with Crippen LogP contribution in [0.15, 0.2) is 10.5 Å². The lowest BCUT2D eigenvalue weighted by atomic mass is 10.3. The number of aliphatic hydroxyl groups excluding tert-OH is 1. The summed E-state index contributed by atoms with van der Waals surface area (Å²) in [6, 6.07) is 0. The lowest BCUT2D eigenvalue weighted by Gasteiger charge is -1.93. The van der Waals surface area contributed by atoms with Crippen LogP contribution in [-0.4, -0.2) is 34.7 Å². The van der Waals surface area contributed by atoms with E-state index in [0.29, 0.717) is 5.69 Å². The Labute approximate surface area is 73.4 Å². The van der Waals surface area contributed by atoms with E-state index in [-0.39, 0.29) is 12.3 Å². The number of aliphatic hydroxyl groups is 1. The van der Waals surface area contributed by atoms with Crippen LogP contribution in [0.25, 0.3) is 0 Å². The van der Waals surface area contributed by atoms with Gasteiger partial charge in [-0.25, -0.2) is 4.98 Å². The first-order valence-electron chi connectivity index (χ1n) is 3.27. The van der Waals surface area contributed by atoms with Crippen molar-refractivity contribution in [3.8, 4) is 0 Å². The molecule has 0 aliphatic rings. The van der Waals surface area contributed by atoms with Gasteiger partial charge in [-0.3, -0.25) is 0 Å². The highest BCUT2D eigenvalue weighted by atomic mass is 32.1. The first-order valence-corrected chi connectivity index (χ1v) is 4.15. The minimum Gasteiger partial charge on any atom is -0.411 e. The SMILES string of the molecule is CNc1nc(/C(CO)=N\O)cs1. The van der Waals surface area contributed by atoms with Gasteiger partial charge in [0.1, 0.15) is 11.4 Å². The van der Waals surface area contributed by atoms with Crippen LogP contribution < -0.4 is 5.32 Å². The van der Waals surface area contributed by atoms with E-state index in [1.165, 1.54) is 11.3 Å². The monoisotopic (exact) mass is 187 g/mol. The van der Waals surface area contributed by atoms with E-state index in [4.69, 9.17) is 10.3 Å².